The molecule has 100 valence electrons. The summed E-state index contributed by atoms with van der Waals surface area (Å²) >= 11 is 0. The van der Waals surface area contributed by atoms with Gasteiger partial charge in [0.15, 0.2) is 0 Å². The van der Waals surface area contributed by atoms with Crippen LogP contribution < -0.4 is 5.32 Å². The molecule has 19 heavy (non-hydrogen) atoms. The second-order valence-corrected chi connectivity index (χ2v) is 5.54. The first-order valence-corrected chi connectivity index (χ1v) is 7.01. The van der Waals surface area contributed by atoms with Crippen molar-refractivity contribution < 1.29 is 9.59 Å². The molecule has 2 fully saturated rings. The summed E-state index contributed by atoms with van der Waals surface area (Å²) < 4.78 is 0. The van der Waals surface area contributed by atoms with Gasteiger partial charge in [-0.2, -0.15) is 0 Å². The molecule has 2 aliphatic rings. The highest BCUT2D eigenvalue weighted by Crippen LogP contribution is 2.30. The van der Waals surface area contributed by atoms with Gasteiger partial charge in [-0.15, -0.1) is 0 Å². The highest BCUT2D eigenvalue weighted by Gasteiger charge is 2.25. The summed E-state index contributed by atoms with van der Waals surface area (Å²) in [6.45, 7) is 0. The van der Waals surface area contributed by atoms with Gasteiger partial charge in [0, 0.05) is 25.1 Å². The molecule has 1 N–H and O–H groups in total. The quantitative estimate of drug-likeness (QED) is 0.904. The van der Waals surface area contributed by atoms with Crippen LogP contribution in [0.2, 0.25) is 0 Å². The van der Waals surface area contributed by atoms with Crippen LogP contribution in [0.3, 0.4) is 0 Å². The molecular formula is C15H18N2O2. The van der Waals surface area contributed by atoms with E-state index >= 15 is 0 Å². The highest BCUT2D eigenvalue weighted by atomic mass is 16.2. The zero-order chi connectivity index (χ0) is 13.2. The molecular weight excluding hydrogens is 240 g/mol. The van der Waals surface area contributed by atoms with Gasteiger partial charge in [-0.3, -0.25) is 14.6 Å². The third kappa shape index (κ3) is 3.00. The lowest BCUT2D eigenvalue weighted by Crippen LogP contribution is -2.26. The molecule has 1 heterocycles. The van der Waals surface area contributed by atoms with E-state index in [2.05, 4.69) is 10.3 Å². The first-order valence-electron chi connectivity index (χ1n) is 7.01. The van der Waals surface area contributed by atoms with Crippen LogP contribution in [-0.2, 0) is 4.79 Å². The molecule has 0 aliphatic heterocycles. The Balaban J connectivity index is 1.64. The number of aromatic nitrogens is 1. The standard InChI is InChI=1S/C15H18N2O2/c18-13-6-1-10(2-7-13)11-3-8-14(16-9-11)15(19)17-12-4-5-12/h3,8-10,12H,1-2,4-7H2,(H,17,19). The molecule has 0 unspecified atom stereocenters. The Morgan fingerprint density at radius 1 is 1.16 bits per heavy atom. The van der Waals surface area contributed by atoms with Crippen molar-refractivity contribution in [1.82, 2.24) is 10.3 Å². The molecule has 2 saturated carbocycles. The van der Waals surface area contributed by atoms with E-state index < -0.39 is 0 Å². The SMILES string of the molecule is O=C1CCC(c2ccc(C(=O)NC3CC3)nc2)CC1. The lowest BCUT2D eigenvalue weighted by molar-refractivity contribution is -0.120. The van der Waals surface area contributed by atoms with Gasteiger partial charge in [0.2, 0.25) is 0 Å². The second kappa shape index (κ2) is 5.11. The molecule has 1 amide bonds. The Bertz CT molecular complexity index is 481. The van der Waals surface area contributed by atoms with Crippen LogP contribution in [0, 0.1) is 0 Å². The maximum absolute atomic E-state index is 11.8. The number of carbonyl (C=O) groups is 2. The third-order valence-electron chi connectivity index (χ3n) is 3.95. The van der Waals surface area contributed by atoms with Crippen molar-refractivity contribution in [3.63, 3.8) is 0 Å². The van der Waals surface area contributed by atoms with Crippen molar-refractivity contribution in [2.24, 2.45) is 0 Å². The van der Waals surface area contributed by atoms with Crippen LogP contribution in [0.1, 0.15) is 60.5 Å². The number of nitrogens with zero attached hydrogens (tertiary/aromatic N) is 1. The van der Waals surface area contributed by atoms with Gasteiger partial charge < -0.3 is 5.32 Å². The molecule has 4 nitrogen and oxygen atoms in total. The molecule has 0 radical (unpaired) electrons. The Hall–Kier alpha value is -1.71. The van der Waals surface area contributed by atoms with Gasteiger partial charge in [0.05, 0.1) is 0 Å². The normalized spacial score (nSPS) is 20.3. The number of nitrogens with one attached hydrogen (secondary N) is 1. The van der Waals surface area contributed by atoms with E-state index in [-0.39, 0.29) is 5.91 Å². The van der Waals surface area contributed by atoms with Crippen molar-refractivity contribution in [2.45, 2.75) is 50.5 Å². The van der Waals surface area contributed by atoms with Crippen LogP contribution in [0.4, 0.5) is 0 Å². The van der Waals surface area contributed by atoms with Gasteiger partial charge in [0.1, 0.15) is 11.5 Å². The predicted octanol–water partition coefficient (Wildman–Crippen LogP) is 2.20. The lowest BCUT2D eigenvalue weighted by Gasteiger charge is -2.20. The van der Waals surface area contributed by atoms with Crippen molar-refractivity contribution >= 4 is 11.7 Å². The number of amides is 1. The fourth-order valence-electron chi connectivity index (χ4n) is 2.54. The van der Waals surface area contributed by atoms with E-state index in [4.69, 9.17) is 0 Å². The van der Waals surface area contributed by atoms with Crippen LogP contribution in [0.25, 0.3) is 0 Å². The summed E-state index contributed by atoms with van der Waals surface area (Å²) in [6.07, 6.45) is 7.13. The zero-order valence-electron chi connectivity index (χ0n) is 10.9. The highest BCUT2D eigenvalue weighted by molar-refractivity contribution is 5.92. The predicted molar refractivity (Wildman–Crippen MR) is 70.9 cm³/mol. The Kier molecular flexibility index (Phi) is 3.32. The second-order valence-electron chi connectivity index (χ2n) is 5.54. The minimum Gasteiger partial charge on any atom is -0.348 e. The monoisotopic (exact) mass is 258 g/mol. The molecule has 2 aliphatic carbocycles. The number of rotatable bonds is 3. The maximum Gasteiger partial charge on any atom is 0.270 e. The van der Waals surface area contributed by atoms with Gasteiger partial charge in [-0.25, -0.2) is 0 Å². The van der Waals surface area contributed by atoms with E-state index in [1.165, 1.54) is 0 Å². The number of Topliss-reactive ketones (excluding diaryl/α,β-unsaturated/α-hetero) is 1. The summed E-state index contributed by atoms with van der Waals surface area (Å²) in [7, 11) is 0. The number of pyridine rings is 1. The number of hydrogen-bond acceptors (Lipinski definition) is 3. The fourth-order valence-corrected chi connectivity index (χ4v) is 2.54. The molecule has 0 atom stereocenters. The first kappa shape index (κ1) is 12.3. The number of hydrogen-bond donors (Lipinski definition) is 1. The topological polar surface area (TPSA) is 59.1 Å². The van der Waals surface area contributed by atoms with E-state index in [1.807, 2.05) is 6.07 Å². The number of carbonyl (C=O) groups excluding carboxylic acids is 2. The molecule has 0 bridgehead atoms. The van der Waals surface area contributed by atoms with Gasteiger partial charge in [-0.1, -0.05) is 6.07 Å². The zero-order valence-corrected chi connectivity index (χ0v) is 10.9. The van der Waals surface area contributed by atoms with E-state index in [9.17, 15) is 9.59 Å². The smallest absolute Gasteiger partial charge is 0.270 e. The minimum atomic E-state index is -0.0760. The summed E-state index contributed by atoms with van der Waals surface area (Å²) in [5, 5.41) is 2.93. The van der Waals surface area contributed by atoms with Crippen molar-refractivity contribution in [3.8, 4) is 0 Å². The van der Waals surface area contributed by atoms with Crippen molar-refractivity contribution in [2.75, 3.05) is 0 Å². The fraction of sp³-hybridized carbons (Fsp3) is 0.533. The summed E-state index contributed by atoms with van der Waals surface area (Å²) in [4.78, 5) is 27.3. The molecule has 3 rings (SSSR count). The Morgan fingerprint density at radius 3 is 2.47 bits per heavy atom. The van der Waals surface area contributed by atoms with Crippen LogP contribution >= 0.6 is 0 Å². The van der Waals surface area contributed by atoms with E-state index in [1.54, 1.807) is 12.3 Å². The van der Waals surface area contributed by atoms with Crippen molar-refractivity contribution in [3.05, 3.63) is 29.6 Å². The molecule has 0 aromatic carbocycles. The van der Waals surface area contributed by atoms with Crippen LogP contribution in [0.5, 0.6) is 0 Å². The number of ketones is 1. The molecule has 1 aromatic heterocycles. The average Bonchev–Trinajstić information content (AvgIpc) is 3.24. The van der Waals surface area contributed by atoms with E-state index in [0.717, 1.165) is 31.2 Å². The lowest BCUT2D eigenvalue weighted by atomic mass is 9.84. The largest absolute Gasteiger partial charge is 0.348 e. The molecule has 0 spiro atoms. The Morgan fingerprint density at radius 2 is 1.89 bits per heavy atom. The van der Waals surface area contributed by atoms with E-state index in [0.29, 0.717) is 36.3 Å². The van der Waals surface area contributed by atoms with Gasteiger partial charge in [-0.05, 0) is 43.2 Å². The van der Waals surface area contributed by atoms with Crippen LogP contribution in [-0.4, -0.2) is 22.7 Å². The minimum absolute atomic E-state index is 0.0760. The van der Waals surface area contributed by atoms with Crippen LogP contribution in [0.15, 0.2) is 18.3 Å². The summed E-state index contributed by atoms with van der Waals surface area (Å²) in [5.41, 5.74) is 1.64. The van der Waals surface area contributed by atoms with Gasteiger partial charge >= 0.3 is 0 Å². The van der Waals surface area contributed by atoms with Gasteiger partial charge in [0.25, 0.3) is 5.91 Å². The maximum atomic E-state index is 11.8. The summed E-state index contributed by atoms with van der Waals surface area (Å²) in [6, 6.07) is 4.14. The molecule has 4 heteroatoms. The van der Waals surface area contributed by atoms with Crippen molar-refractivity contribution in [1.29, 1.82) is 0 Å². The first-order chi connectivity index (χ1) is 9.22. The third-order valence-corrected chi connectivity index (χ3v) is 3.95. The molecule has 1 aromatic rings. The Labute approximate surface area is 112 Å². The average molecular weight is 258 g/mol. The molecule has 0 saturated heterocycles. The summed E-state index contributed by atoms with van der Waals surface area (Å²) in [5.74, 6) is 0.711.